The van der Waals surface area contributed by atoms with Crippen LogP contribution in [0.15, 0.2) is 42.5 Å². The van der Waals surface area contributed by atoms with E-state index in [-0.39, 0.29) is 11.9 Å². The minimum atomic E-state index is -0.153. The first-order valence-corrected chi connectivity index (χ1v) is 9.28. The molecule has 1 aliphatic rings. The van der Waals surface area contributed by atoms with E-state index >= 15 is 0 Å². The summed E-state index contributed by atoms with van der Waals surface area (Å²) in [6.07, 6.45) is 0. The van der Waals surface area contributed by atoms with Gasteiger partial charge in [0.05, 0.1) is 31.9 Å². The number of rotatable bonds is 4. The summed E-state index contributed by atoms with van der Waals surface area (Å²) in [6.45, 7) is 7.21. The van der Waals surface area contributed by atoms with Gasteiger partial charge in [-0.3, -0.25) is 4.79 Å². The maximum Gasteiger partial charge on any atom is 0.282 e. The topological polar surface area (TPSA) is 57.0 Å². The number of phenolic OH excluding ortho intramolecular Hbond substituents is 1. The molecular weight excluding hydrogens is 350 g/mol. The molecule has 0 unspecified atom stereocenters. The van der Waals surface area contributed by atoms with Crippen molar-refractivity contribution >= 4 is 28.9 Å². The maximum atomic E-state index is 12.7. The van der Waals surface area contributed by atoms with Gasteiger partial charge in [-0.25, -0.2) is 0 Å². The van der Waals surface area contributed by atoms with Gasteiger partial charge in [-0.1, -0.05) is 29.8 Å². The molecule has 138 valence electrons. The molecule has 26 heavy (non-hydrogen) atoms. The minimum Gasteiger partial charge on any atom is -0.506 e. The van der Waals surface area contributed by atoms with E-state index in [1.165, 1.54) is 4.90 Å². The Labute approximate surface area is 159 Å². The Morgan fingerprint density at radius 2 is 1.92 bits per heavy atom. The van der Waals surface area contributed by atoms with Gasteiger partial charge >= 0.3 is 0 Å². The number of quaternary nitrogens is 1. The zero-order valence-corrected chi connectivity index (χ0v) is 15.9. The van der Waals surface area contributed by atoms with E-state index in [1.807, 2.05) is 44.2 Å². The van der Waals surface area contributed by atoms with Crippen LogP contribution in [-0.2, 0) is 4.79 Å². The molecule has 1 aliphatic heterocycles. The van der Waals surface area contributed by atoms with Gasteiger partial charge in [-0.2, -0.15) is 0 Å². The molecule has 0 aliphatic carbocycles. The van der Waals surface area contributed by atoms with Crippen molar-refractivity contribution in [2.24, 2.45) is 0 Å². The van der Waals surface area contributed by atoms with Gasteiger partial charge in [0.25, 0.3) is 5.91 Å². The largest absolute Gasteiger partial charge is 0.506 e. The minimum absolute atomic E-state index is 0.00127. The van der Waals surface area contributed by atoms with Crippen molar-refractivity contribution < 1.29 is 14.8 Å². The summed E-state index contributed by atoms with van der Waals surface area (Å²) in [5.74, 6) is 0.305. The third-order valence-corrected chi connectivity index (χ3v) is 5.33. The smallest absolute Gasteiger partial charge is 0.282 e. The number of halogens is 1. The Morgan fingerprint density at radius 1 is 1.23 bits per heavy atom. The molecule has 0 saturated carbocycles. The van der Waals surface area contributed by atoms with E-state index in [0.29, 0.717) is 10.8 Å². The predicted octanol–water partition coefficient (Wildman–Crippen LogP) is 2.09. The van der Waals surface area contributed by atoms with Crippen molar-refractivity contribution in [3.63, 3.8) is 0 Å². The molecule has 6 heteroatoms. The van der Waals surface area contributed by atoms with E-state index in [4.69, 9.17) is 11.6 Å². The van der Waals surface area contributed by atoms with E-state index in [2.05, 4.69) is 10.2 Å². The fourth-order valence-electron chi connectivity index (χ4n) is 3.35. The fraction of sp³-hybridized carbons (Fsp3) is 0.350. The van der Waals surface area contributed by atoms with Gasteiger partial charge < -0.3 is 20.2 Å². The lowest BCUT2D eigenvalue weighted by atomic mass is 10.1. The quantitative estimate of drug-likeness (QED) is 0.768. The van der Waals surface area contributed by atoms with Gasteiger partial charge in [0.1, 0.15) is 5.75 Å². The number of hydrogen-bond acceptors (Lipinski definition) is 3. The Hall–Kier alpha value is -2.24. The van der Waals surface area contributed by atoms with Crippen LogP contribution in [0, 0.1) is 6.92 Å². The van der Waals surface area contributed by atoms with Gasteiger partial charge in [0.2, 0.25) is 0 Å². The molecule has 1 atom stereocenters. The molecule has 0 aromatic heterocycles. The van der Waals surface area contributed by atoms with Crippen molar-refractivity contribution in [3.05, 3.63) is 53.1 Å². The number of anilines is 2. The number of aromatic hydroxyl groups is 1. The average molecular weight is 375 g/mol. The van der Waals surface area contributed by atoms with Gasteiger partial charge in [-0.05, 0) is 43.7 Å². The van der Waals surface area contributed by atoms with Crippen molar-refractivity contribution in [3.8, 4) is 5.75 Å². The molecule has 2 aromatic carbocycles. The number of carbonyl (C=O) groups is 1. The molecule has 1 amide bonds. The summed E-state index contributed by atoms with van der Waals surface area (Å²) >= 11 is 6.03. The van der Waals surface area contributed by atoms with Crippen LogP contribution in [-0.4, -0.2) is 43.2 Å². The number of amides is 1. The number of benzene rings is 2. The lowest BCUT2D eigenvalue weighted by Crippen LogP contribution is -3.19. The van der Waals surface area contributed by atoms with Crippen LogP contribution in [0.5, 0.6) is 5.75 Å². The lowest BCUT2D eigenvalue weighted by molar-refractivity contribution is -0.914. The monoisotopic (exact) mass is 374 g/mol. The summed E-state index contributed by atoms with van der Waals surface area (Å²) in [5.41, 5.74) is 2.62. The summed E-state index contributed by atoms with van der Waals surface area (Å²) in [6, 6.07) is 12.7. The molecule has 5 nitrogen and oxygen atoms in total. The van der Waals surface area contributed by atoms with E-state index in [1.54, 1.807) is 12.1 Å². The van der Waals surface area contributed by atoms with Crippen LogP contribution >= 0.6 is 11.6 Å². The Bertz CT molecular complexity index is 788. The highest BCUT2D eigenvalue weighted by atomic mass is 35.5. The number of para-hydroxylation sites is 2. The summed E-state index contributed by atoms with van der Waals surface area (Å²) < 4.78 is 0. The normalized spacial score (nSPS) is 16.3. The number of carbonyl (C=O) groups excluding carboxylic acids is 1. The van der Waals surface area contributed by atoms with Crippen molar-refractivity contribution in [2.75, 3.05) is 36.4 Å². The first-order chi connectivity index (χ1) is 12.5. The maximum absolute atomic E-state index is 12.7. The predicted molar refractivity (Wildman–Crippen MR) is 105 cm³/mol. The van der Waals surface area contributed by atoms with Crippen LogP contribution in [0.1, 0.15) is 12.5 Å². The van der Waals surface area contributed by atoms with E-state index < -0.39 is 0 Å². The zero-order chi connectivity index (χ0) is 18.7. The lowest BCUT2D eigenvalue weighted by Gasteiger charge is -2.36. The Balaban J connectivity index is 1.59. The summed E-state index contributed by atoms with van der Waals surface area (Å²) in [7, 11) is 0. The molecule has 1 fully saturated rings. The average Bonchev–Trinajstić information content (AvgIpc) is 2.64. The third kappa shape index (κ3) is 4.11. The van der Waals surface area contributed by atoms with Crippen LogP contribution < -0.4 is 15.1 Å². The second kappa shape index (κ2) is 7.98. The van der Waals surface area contributed by atoms with Crippen LogP contribution in [0.2, 0.25) is 5.02 Å². The van der Waals surface area contributed by atoms with Gasteiger partial charge in [0, 0.05) is 10.7 Å². The van der Waals surface area contributed by atoms with Crippen molar-refractivity contribution in [2.45, 2.75) is 19.9 Å². The van der Waals surface area contributed by atoms with Gasteiger partial charge in [0.15, 0.2) is 6.04 Å². The number of nitrogens with one attached hydrogen (secondary N) is 2. The number of nitrogens with zero attached hydrogens (tertiary/aromatic N) is 1. The van der Waals surface area contributed by atoms with Gasteiger partial charge in [-0.15, -0.1) is 0 Å². The van der Waals surface area contributed by atoms with E-state index in [0.717, 1.165) is 43.1 Å². The second-order valence-corrected chi connectivity index (χ2v) is 7.24. The molecule has 3 N–H and O–H groups in total. The Morgan fingerprint density at radius 3 is 2.62 bits per heavy atom. The molecule has 1 heterocycles. The number of phenols is 1. The molecule has 1 saturated heterocycles. The number of hydrogen-bond donors (Lipinski definition) is 3. The molecule has 0 spiro atoms. The first-order valence-electron chi connectivity index (χ1n) is 8.90. The molecule has 3 rings (SSSR count). The molecule has 0 radical (unpaired) electrons. The van der Waals surface area contributed by atoms with E-state index in [9.17, 15) is 9.90 Å². The summed E-state index contributed by atoms with van der Waals surface area (Å²) in [4.78, 5) is 16.1. The molecular formula is C20H25ClN3O2+. The summed E-state index contributed by atoms with van der Waals surface area (Å²) in [5, 5.41) is 13.6. The fourth-order valence-corrected chi connectivity index (χ4v) is 3.53. The van der Waals surface area contributed by atoms with Crippen LogP contribution in [0.4, 0.5) is 11.4 Å². The highest BCUT2D eigenvalue weighted by molar-refractivity contribution is 6.31. The standard InChI is InChI=1S/C20H24ClN3O2/c1-14-7-8-16(21)13-17(14)22-20(26)15(2)23-9-11-24(12-10-23)18-5-3-4-6-19(18)25/h3-8,13,15,25H,9-12H2,1-2H3,(H,22,26)/p+1/t15-/m0/s1. The van der Waals surface area contributed by atoms with Crippen molar-refractivity contribution in [1.82, 2.24) is 0 Å². The van der Waals surface area contributed by atoms with Crippen LogP contribution in [0.25, 0.3) is 0 Å². The van der Waals surface area contributed by atoms with Crippen molar-refractivity contribution in [1.29, 1.82) is 0 Å². The SMILES string of the molecule is Cc1ccc(Cl)cc1NC(=O)[C@H](C)[NH+]1CCN(c2ccccc2O)CC1. The number of aryl methyl sites for hydroxylation is 1. The zero-order valence-electron chi connectivity index (χ0n) is 15.1. The highest BCUT2D eigenvalue weighted by Crippen LogP contribution is 2.26. The molecule has 0 bridgehead atoms. The molecule has 2 aromatic rings. The highest BCUT2D eigenvalue weighted by Gasteiger charge is 2.30. The Kier molecular flexibility index (Phi) is 5.69. The van der Waals surface area contributed by atoms with Crippen LogP contribution in [0.3, 0.4) is 0 Å². The third-order valence-electron chi connectivity index (χ3n) is 5.09. The number of piperazine rings is 1. The first kappa shape index (κ1) is 18.5. The second-order valence-electron chi connectivity index (χ2n) is 6.80.